The molecule has 0 radical (unpaired) electrons. The maximum Gasteiger partial charge on any atom is 0.303 e. The first-order valence-electron chi connectivity index (χ1n) is 8.66. The molecule has 0 amide bonds. The zero-order valence-electron chi connectivity index (χ0n) is 15.8. The van der Waals surface area contributed by atoms with Crippen LogP contribution >= 0.6 is 0 Å². The van der Waals surface area contributed by atoms with Gasteiger partial charge in [0.1, 0.15) is 5.82 Å². The Morgan fingerprint density at radius 2 is 1.48 bits per heavy atom. The van der Waals surface area contributed by atoms with Crippen molar-refractivity contribution < 1.29 is 19.8 Å². The van der Waals surface area contributed by atoms with Gasteiger partial charge in [0.2, 0.25) is 0 Å². The molecule has 1 aromatic heterocycles. The molecular formula is C20H27N3O4. The lowest BCUT2D eigenvalue weighted by molar-refractivity contribution is -0.143. The lowest BCUT2D eigenvalue weighted by Gasteiger charge is -2.25. The molecule has 2 aromatic rings. The summed E-state index contributed by atoms with van der Waals surface area (Å²) in [6, 6.07) is 16.6. The molecule has 0 fully saturated rings. The van der Waals surface area contributed by atoms with Crippen molar-refractivity contribution in [3.05, 3.63) is 60.3 Å². The Morgan fingerprint density at radius 1 is 0.889 bits per heavy atom. The molecule has 1 aromatic carbocycles. The van der Waals surface area contributed by atoms with Crippen LogP contribution in [0.2, 0.25) is 0 Å². The van der Waals surface area contributed by atoms with Gasteiger partial charge in [0.25, 0.3) is 0 Å². The maximum absolute atomic E-state index is 9.64. The zero-order chi connectivity index (χ0) is 20.1. The molecule has 0 saturated carbocycles. The molecule has 0 aliphatic carbocycles. The quantitative estimate of drug-likeness (QED) is 0.698. The average molecular weight is 373 g/mol. The Kier molecular flexibility index (Phi) is 10.2. The molecule has 2 rings (SSSR count). The van der Waals surface area contributed by atoms with E-state index in [0.29, 0.717) is 0 Å². The normalized spacial score (nSPS) is 10.0. The highest BCUT2D eigenvalue weighted by atomic mass is 16.4. The Labute approximate surface area is 159 Å². The molecule has 0 aliphatic heterocycles. The second kappa shape index (κ2) is 12.4. The summed E-state index contributed by atoms with van der Waals surface area (Å²) >= 11 is 0. The average Bonchev–Trinajstić information content (AvgIpc) is 2.65. The van der Waals surface area contributed by atoms with E-state index in [2.05, 4.69) is 65.3 Å². The van der Waals surface area contributed by atoms with Crippen LogP contribution in [0, 0.1) is 0 Å². The van der Waals surface area contributed by atoms with E-state index in [0.717, 1.165) is 25.5 Å². The standard InChI is InChI=1S/C16H21N3.C4H6O4/c1-18(2)12-13-19(16-10-6-7-11-17-16)14-15-8-4-3-5-9-15;5-3(6)1-2-4(7)8/h3-11H,12-14H2,1-2H3;1-2H2,(H,5,6)(H,7,8). The molecule has 1 heterocycles. The molecule has 2 N–H and O–H groups in total. The number of likely N-dealkylation sites (N-methyl/N-ethyl adjacent to an activating group) is 1. The van der Waals surface area contributed by atoms with Crippen molar-refractivity contribution in [3.8, 4) is 0 Å². The van der Waals surface area contributed by atoms with E-state index in [1.807, 2.05) is 18.3 Å². The van der Waals surface area contributed by atoms with Crippen LogP contribution in [0.5, 0.6) is 0 Å². The Hall–Kier alpha value is -2.93. The highest BCUT2D eigenvalue weighted by Crippen LogP contribution is 2.13. The van der Waals surface area contributed by atoms with E-state index in [9.17, 15) is 9.59 Å². The van der Waals surface area contributed by atoms with Gasteiger partial charge >= 0.3 is 11.9 Å². The van der Waals surface area contributed by atoms with Crippen molar-refractivity contribution in [1.82, 2.24) is 9.88 Å². The van der Waals surface area contributed by atoms with Crippen LogP contribution in [0.4, 0.5) is 5.82 Å². The largest absolute Gasteiger partial charge is 0.481 e. The lowest BCUT2D eigenvalue weighted by Crippen LogP contribution is -2.31. The van der Waals surface area contributed by atoms with Crippen LogP contribution in [0.3, 0.4) is 0 Å². The van der Waals surface area contributed by atoms with Crippen molar-refractivity contribution in [2.75, 3.05) is 32.1 Å². The number of hydrogen-bond acceptors (Lipinski definition) is 5. The minimum absolute atomic E-state index is 0.296. The highest BCUT2D eigenvalue weighted by Gasteiger charge is 2.08. The topological polar surface area (TPSA) is 94.0 Å². The molecule has 0 saturated heterocycles. The van der Waals surface area contributed by atoms with E-state index >= 15 is 0 Å². The minimum Gasteiger partial charge on any atom is -0.481 e. The molecule has 27 heavy (non-hydrogen) atoms. The van der Waals surface area contributed by atoms with E-state index < -0.39 is 11.9 Å². The van der Waals surface area contributed by atoms with Gasteiger partial charge in [-0.25, -0.2) is 4.98 Å². The number of pyridine rings is 1. The fourth-order valence-corrected chi connectivity index (χ4v) is 2.15. The predicted molar refractivity (Wildman–Crippen MR) is 105 cm³/mol. The lowest BCUT2D eigenvalue weighted by atomic mass is 10.2. The summed E-state index contributed by atoms with van der Waals surface area (Å²) in [5, 5.41) is 15.8. The van der Waals surface area contributed by atoms with E-state index in [-0.39, 0.29) is 12.8 Å². The molecule has 7 heteroatoms. The van der Waals surface area contributed by atoms with E-state index in [1.54, 1.807) is 0 Å². The van der Waals surface area contributed by atoms with E-state index in [4.69, 9.17) is 10.2 Å². The first-order valence-corrected chi connectivity index (χ1v) is 8.66. The van der Waals surface area contributed by atoms with Crippen LogP contribution < -0.4 is 4.90 Å². The third-order valence-corrected chi connectivity index (χ3v) is 3.56. The van der Waals surface area contributed by atoms with E-state index in [1.165, 1.54) is 5.56 Å². The molecule has 0 aliphatic rings. The summed E-state index contributed by atoms with van der Waals surface area (Å²) in [4.78, 5) is 28.3. The van der Waals surface area contributed by atoms with Gasteiger partial charge in [0, 0.05) is 25.8 Å². The van der Waals surface area contributed by atoms with Gasteiger partial charge < -0.3 is 20.0 Å². The molecule has 7 nitrogen and oxygen atoms in total. The summed E-state index contributed by atoms with van der Waals surface area (Å²) in [6.07, 6.45) is 1.26. The monoisotopic (exact) mass is 373 g/mol. The van der Waals surface area contributed by atoms with Crippen LogP contribution in [0.1, 0.15) is 18.4 Å². The zero-order valence-corrected chi connectivity index (χ0v) is 15.8. The number of benzene rings is 1. The molecule has 146 valence electrons. The molecule has 0 spiro atoms. The van der Waals surface area contributed by atoms with Gasteiger partial charge in [-0.05, 0) is 31.8 Å². The fraction of sp³-hybridized carbons (Fsp3) is 0.350. The number of carboxylic acid groups (broad SMARTS) is 2. The highest BCUT2D eigenvalue weighted by molar-refractivity contribution is 5.75. The number of hydrogen-bond donors (Lipinski definition) is 2. The number of aromatic nitrogens is 1. The smallest absolute Gasteiger partial charge is 0.303 e. The van der Waals surface area contributed by atoms with Crippen LogP contribution in [-0.4, -0.2) is 59.2 Å². The van der Waals surface area contributed by atoms with Gasteiger partial charge in [-0.15, -0.1) is 0 Å². The Balaban J connectivity index is 0.000000387. The second-order valence-electron chi connectivity index (χ2n) is 6.19. The summed E-state index contributed by atoms with van der Waals surface area (Å²) in [5.74, 6) is -1.12. The third kappa shape index (κ3) is 10.6. The van der Waals surface area contributed by atoms with Gasteiger partial charge in [0.15, 0.2) is 0 Å². The van der Waals surface area contributed by atoms with Crippen molar-refractivity contribution in [3.63, 3.8) is 0 Å². The summed E-state index contributed by atoms with van der Waals surface area (Å²) in [5.41, 5.74) is 1.31. The number of carbonyl (C=O) groups is 2. The number of carboxylic acids is 2. The first-order chi connectivity index (χ1) is 12.9. The van der Waals surface area contributed by atoms with Crippen LogP contribution in [-0.2, 0) is 16.1 Å². The number of rotatable bonds is 9. The Bertz CT molecular complexity index is 664. The fourth-order valence-electron chi connectivity index (χ4n) is 2.15. The second-order valence-corrected chi connectivity index (χ2v) is 6.19. The first kappa shape index (κ1) is 22.1. The molecule has 0 unspecified atom stereocenters. The van der Waals surface area contributed by atoms with Gasteiger partial charge in [-0.3, -0.25) is 9.59 Å². The van der Waals surface area contributed by atoms with Gasteiger partial charge in [-0.2, -0.15) is 0 Å². The third-order valence-electron chi connectivity index (χ3n) is 3.56. The maximum atomic E-state index is 9.64. The molecule has 0 atom stereocenters. The molecule has 0 bridgehead atoms. The summed E-state index contributed by atoms with van der Waals surface area (Å²) in [7, 11) is 4.19. The summed E-state index contributed by atoms with van der Waals surface area (Å²) < 4.78 is 0. The minimum atomic E-state index is -1.08. The molecular weight excluding hydrogens is 346 g/mol. The van der Waals surface area contributed by atoms with Gasteiger partial charge in [0.05, 0.1) is 12.8 Å². The summed E-state index contributed by atoms with van der Waals surface area (Å²) in [6.45, 7) is 2.88. The van der Waals surface area contributed by atoms with Crippen molar-refractivity contribution >= 4 is 17.8 Å². The SMILES string of the molecule is CN(C)CCN(Cc1ccccc1)c1ccccn1.O=C(O)CCC(=O)O. The van der Waals surface area contributed by atoms with Crippen molar-refractivity contribution in [2.45, 2.75) is 19.4 Å². The van der Waals surface area contributed by atoms with Crippen LogP contribution in [0.25, 0.3) is 0 Å². The van der Waals surface area contributed by atoms with Crippen molar-refractivity contribution in [2.24, 2.45) is 0 Å². The van der Waals surface area contributed by atoms with Crippen molar-refractivity contribution in [1.29, 1.82) is 0 Å². The Morgan fingerprint density at radius 3 is 1.96 bits per heavy atom. The number of nitrogens with zero attached hydrogens (tertiary/aromatic N) is 3. The van der Waals surface area contributed by atoms with Crippen LogP contribution in [0.15, 0.2) is 54.7 Å². The number of anilines is 1. The van der Waals surface area contributed by atoms with Gasteiger partial charge in [-0.1, -0.05) is 36.4 Å². The number of aliphatic carboxylic acids is 2. The predicted octanol–water partition coefficient (Wildman–Crippen LogP) is 2.59.